The Hall–Kier alpha value is -1.89. The molecule has 0 unspecified atom stereocenters. The van der Waals surface area contributed by atoms with Crippen molar-refractivity contribution in [3.63, 3.8) is 0 Å². The first-order valence-electron chi connectivity index (χ1n) is 7.93. The molecule has 6 nitrogen and oxygen atoms in total. The van der Waals surface area contributed by atoms with Crippen molar-refractivity contribution in [3.8, 4) is 0 Å². The highest BCUT2D eigenvalue weighted by Crippen LogP contribution is 2.27. The molecular weight excluding hydrogens is 330 g/mol. The molecule has 24 heavy (non-hydrogen) atoms. The van der Waals surface area contributed by atoms with E-state index < -0.39 is 0 Å². The predicted octanol–water partition coefficient (Wildman–Crippen LogP) is 2.44. The molecule has 1 atom stereocenters. The van der Waals surface area contributed by atoms with E-state index in [9.17, 15) is 4.79 Å². The molecule has 0 spiro atoms. The van der Waals surface area contributed by atoms with Crippen LogP contribution in [0.25, 0.3) is 0 Å². The first-order chi connectivity index (χ1) is 11.6. The largest absolute Gasteiger partial charge is 0.379 e. The van der Waals surface area contributed by atoms with Crippen molar-refractivity contribution in [2.75, 3.05) is 32.8 Å². The zero-order valence-corrected chi connectivity index (χ0v) is 14.3. The molecule has 2 aromatic rings. The SMILES string of the molecule is Cc1cc(C(=O)NC[C@@H](c2ccccc2Cl)N2CCOCC2)no1. The number of rotatable bonds is 5. The van der Waals surface area contributed by atoms with Crippen LogP contribution in [0.15, 0.2) is 34.9 Å². The predicted molar refractivity (Wildman–Crippen MR) is 90.2 cm³/mol. The molecule has 3 rings (SSSR count). The molecule has 128 valence electrons. The van der Waals surface area contributed by atoms with Crippen LogP contribution in [-0.2, 0) is 4.74 Å². The summed E-state index contributed by atoms with van der Waals surface area (Å²) < 4.78 is 10.4. The first-order valence-corrected chi connectivity index (χ1v) is 8.30. The van der Waals surface area contributed by atoms with Gasteiger partial charge in [0.2, 0.25) is 0 Å². The van der Waals surface area contributed by atoms with Crippen molar-refractivity contribution in [2.45, 2.75) is 13.0 Å². The number of hydrogen-bond acceptors (Lipinski definition) is 5. The Morgan fingerprint density at radius 3 is 2.79 bits per heavy atom. The van der Waals surface area contributed by atoms with Crippen molar-refractivity contribution >= 4 is 17.5 Å². The van der Waals surface area contributed by atoms with Gasteiger partial charge in [0.25, 0.3) is 5.91 Å². The molecule has 1 fully saturated rings. The lowest BCUT2D eigenvalue weighted by molar-refractivity contribution is 0.0162. The van der Waals surface area contributed by atoms with Gasteiger partial charge in [0.05, 0.1) is 19.3 Å². The Bertz CT molecular complexity index is 698. The van der Waals surface area contributed by atoms with E-state index in [1.165, 1.54) is 0 Å². The molecule has 1 amide bonds. The highest BCUT2D eigenvalue weighted by Gasteiger charge is 2.25. The maximum Gasteiger partial charge on any atom is 0.273 e. The van der Waals surface area contributed by atoms with Crippen molar-refractivity contribution in [1.82, 2.24) is 15.4 Å². The van der Waals surface area contributed by atoms with Gasteiger partial charge in [0.15, 0.2) is 5.69 Å². The molecule has 1 saturated heterocycles. The second kappa shape index (κ2) is 7.79. The summed E-state index contributed by atoms with van der Waals surface area (Å²) in [6.45, 7) is 5.15. The number of hydrogen-bond donors (Lipinski definition) is 1. The van der Waals surface area contributed by atoms with Gasteiger partial charge >= 0.3 is 0 Å². The van der Waals surface area contributed by atoms with Crippen LogP contribution in [0.3, 0.4) is 0 Å². The number of benzene rings is 1. The minimum absolute atomic E-state index is 0.0143. The molecular formula is C17H20ClN3O3. The zero-order chi connectivity index (χ0) is 16.9. The van der Waals surface area contributed by atoms with Crippen LogP contribution in [0, 0.1) is 6.92 Å². The minimum Gasteiger partial charge on any atom is -0.379 e. The molecule has 1 N–H and O–H groups in total. The maximum absolute atomic E-state index is 12.3. The Kier molecular flexibility index (Phi) is 5.50. The second-order valence-corrected chi connectivity index (χ2v) is 6.13. The molecule has 1 aliphatic heterocycles. The first kappa shape index (κ1) is 17.0. The van der Waals surface area contributed by atoms with Gasteiger partial charge in [-0.05, 0) is 18.6 Å². The quantitative estimate of drug-likeness (QED) is 0.898. The van der Waals surface area contributed by atoms with Crippen molar-refractivity contribution in [1.29, 1.82) is 0 Å². The molecule has 2 heterocycles. The van der Waals surface area contributed by atoms with Crippen LogP contribution in [0.2, 0.25) is 5.02 Å². The number of morpholine rings is 1. The van der Waals surface area contributed by atoms with Crippen molar-refractivity contribution in [2.24, 2.45) is 0 Å². The third-order valence-electron chi connectivity index (χ3n) is 4.07. The Morgan fingerprint density at radius 2 is 2.12 bits per heavy atom. The van der Waals surface area contributed by atoms with Gasteiger partial charge in [-0.3, -0.25) is 9.69 Å². The van der Waals surface area contributed by atoms with Gasteiger partial charge in [0, 0.05) is 30.7 Å². The maximum atomic E-state index is 12.3. The van der Waals surface area contributed by atoms with E-state index in [2.05, 4.69) is 15.4 Å². The third kappa shape index (κ3) is 3.95. The highest BCUT2D eigenvalue weighted by atomic mass is 35.5. The molecule has 1 aliphatic rings. The second-order valence-electron chi connectivity index (χ2n) is 5.72. The zero-order valence-electron chi connectivity index (χ0n) is 13.5. The fraction of sp³-hybridized carbons (Fsp3) is 0.412. The topological polar surface area (TPSA) is 67.6 Å². The van der Waals surface area contributed by atoms with Crippen LogP contribution in [0.1, 0.15) is 27.9 Å². The van der Waals surface area contributed by atoms with Crippen molar-refractivity contribution in [3.05, 3.63) is 52.4 Å². The molecule has 7 heteroatoms. The van der Waals surface area contributed by atoms with E-state index in [4.69, 9.17) is 20.9 Å². The highest BCUT2D eigenvalue weighted by molar-refractivity contribution is 6.31. The lowest BCUT2D eigenvalue weighted by Crippen LogP contribution is -2.44. The van der Waals surface area contributed by atoms with E-state index in [1.54, 1.807) is 13.0 Å². The summed E-state index contributed by atoms with van der Waals surface area (Å²) in [5.74, 6) is 0.355. The van der Waals surface area contributed by atoms with Crippen LogP contribution < -0.4 is 5.32 Å². The lowest BCUT2D eigenvalue weighted by atomic mass is 10.0. The number of carbonyl (C=O) groups is 1. The van der Waals surface area contributed by atoms with E-state index >= 15 is 0 Å². The van der Waals surface area contributed by atoms with E-state index in [-0.39, 0.29) is 17.6 Å². The summed E-state index contributed by atoms with van der Waals surface area (Å²) in [6.07, 6.45) is 0. The summed E-state index contributed by atoms with van der Waals surface area (Å²) in [4.78, 5) is 14.5. The van der Waals surface area contributed by atoms with Gasteiger partial charge in [0.1, 0.15) is 5.76 Å². The number of halogens is 1. The van der Waals surface area contributed by atoms with E-state index in [0.717, 1.165) is 18.7 Å². The Balaban J connectivity index is 1.74. The molecule has 0 radical (unpaired) electrons. The summed E-state index contributed by atoms with van der Waals surface area (Å²) in [5, 5.41) is 7.38. The molecule has 0 aliphatic carbocycles. The average Bonchev–Trinajstić information content (AvgIpc) is 3.04. The van der Waals surface area contributed by atoms with Gasteiger partial charge in [-0.1, -0.05) is 35.0 Å². The number of ether oxygens (including phenoxy) is 1. The average molecular weight is 350 g/mol. The number of aryl methyl sites for hydroxylation is 1. The molecule has 1 aromatic carbocycles. The number of nitrogens with zero attached hydrogens (tertiary/aromatic N) is 2. The van der Waals surface area contributed by atoms with Gasteiger partial charge in [-0.25, -0.2) is 0 Å². The minimum atomic E-state index is -0.253. The van der Waals surface area contributed by atoms with Crippen LogP contribution in [-0.4, -0.2) is 48.8 Å². The van der Waals surface area contributed by atoms with Gasteiger partial charge in [-0.2, -0.15) is 0 Å². The Morgan fingerprint density at radius 1 is 1.38 bits per heavy atom. The summed E-state index contributed by atoms with van der Waals surface area (Å²) >= 11 is 6.38. The van der Waals surface area contributed by atoms with E-state index in [1.807, 2.05) is 24.3 Å². The van der Waals surface area contributed by atoms with Gasteiger partial charge in [-0.15, -0.1) is 0 Å². The van der Waals surface area contributed by atoms with Crippen LogP contribution in [0.5, 0.6) is 0 Å². The van der Waals surface area contributed by atoms with Crippen molar-refractivity contribution < 1.29 is 14.1 Å². The smallest absolute Gasteiger partial charge is 0.273 e. The lowest BCUT2D eigenvalue weighted by Gasteiger charge is -2.35. The number of nitrogens with one attached hydrogen (secondary N) is 1. The van der Waals surface area contributed by atoms with Crippen LogP contribution >= 0.6 is 11.6 Å². The standard InChI is InChI=1S/C17H20ClN3O3/c1-12-10-15(20-24-12)17(22)19-11-16(21-6-8-23-9-7-21)13-4-2-3-5-14(13)18/h2-5,10,16H,6-9,11H2,1H3,(H,19,22)/t16-/m0/s1. The number of amides is 1. The molecule has 1 aromatic heterocycles. The summed E-state index contributed by atoms with van der Waals surface area (Å²) in [5.41, 5.74) is 1.28. The normalized spacial score (nSPS) is 16.8. The fourth-order valence-corrected chi connectivity index (χ4v) is 3.09. The van der Waals surface area contributed by atoms with Crippen LogP contribution in [0.4, 0.5) is 0 Å². The Labute approximate surface area is 145 Å². The molecule has 0 bridgehead atoms. The fourth-order valence-electron chi connectivity index (χ4n) is 2.82. The number of carbonyl (C=O) groups excluding carboxylic acids is 1. The van der Waals surface area contributed by atoms with E-state index in [0.29, 0.717) is 30.5 Å². The van der Waals surface area contributed by atoms with Gasteiger partial charge < -0.3 is 14.6 Å². The molecule has 0 saturated carbocycles. The summed E-state index contributed by atoms with van der Waals surface area (Å²) in [7, 11) is 0. The number of aromatic nitrogens is 1. The monoisotopic (exact) mass is 349 g/mol. The summed E-state index contributed by atoms with van der Waals surface area (Å²) in [6, 6.07) is 9.33. The third-order valence-corrected chi connectivity index (χ3v) is 4.41.